The molecule has 1 aromatic rings. The van der Waals surface area contributed by atoms with Gasteiger partial charge in [0.2, 0.25) is 0 Å². The van der Waals surface area contributed by atoms with Gasteiger partial charge in [-0.1, -0.05) is 6.07 Å². The Hall–Kier alpha value is -1.83. The molecule has 1 aromatic heterocycles. The van der Waals surface area contributed by atoms with E-state index in [9.17, 15) is 18.0 Å². The normalized spacial score (nSPS) is 11.7. The summed E-state index contributed by atoms with van der Waals surface area (Å²) in [6.07, 6.45) is -3.70. The average Bonchev–Trinajstić information content (AvgIpc) is 2.33. The molecule has 0 amide bonds. The van der Waals surface area contributed by atoms with E-state index in [0.717, 1.165) is 0 Å². The van der Waals surface area contributed by atoms with E-state index in [4.69, 9.17) is 5.11 Å². The molecule has 0 unspecified atom stereocenters. The zero-order chi connectivity index (χ0) is 15.2. The second-order valence-electron chi connectivity index (χ2n) is 4.35. The number of nitrogens with zero attached hydrogens (tertiary/aromatic N) is 2. The average molecular weight is 291 g/mol. The van der Waals surface area contributed by atoms with Gasteiger partial charge in [0.1, 0.15) is 5.82 Å². The molecule has 112 valence electrons. The molecule has 0 aliphatic heterocycles. The van der Waals surface area contributed by atoms with Crippen molar-refractivity contribution in [1.29, 1.82) is 0 Å². The molecular weight excluding hydrogens is 275 g/mol. The molecule has 0 aliphatic carbocycles. The van der Waals surface area contributed by atoms with Crippen LogP contribution in [-0.2, 0) is 0 Å². The molecule has 0 bridgehead atoms. The van der Waals surface area contributed by atoms with Gasteiger partial charge >= 0.3 is 12.1 Å². The van der Waals surface area contributed by atoms with Crippen molar-refractivity contribution in [3.63, 3.8) is 0 Å². The summed E-state index contributed by atoms with van der Waals surface area (Å²) in [5, 5.41) is 11.6. The number of alkyl halides is 3. The van der Waals surface area contributed by atoms with Gasteiger partial charge < -0.3 is 10.4 Å². The van der Waals surface area contributed by atoms with Gasteiger partial charge in [-0.05, 0) is 32.1 Å². The minimum absolute atomic E-state index is 0.0795. The standard InChI is InChI=1S/C12H16F3N3O2/c1-18(8-12(13,14)15)7-3-6-16-10-5-2-4-9(17-10)11(19)20/h2,4-5H,3,6-8H2,1H3,(H,16,17)(H,19,20). The van der Waals surface area contributed by atoms with E-state index in [1.807, 2.05) is 0 Å². The molecule has 0 aliphatic rings. The number of carboxylic acids is 1. The maximum Gasteiger partial charge on any atom is 0.401 e. The molecule has 1 rings (SSSR count). The molecule has 5 nitrogen and oxygen atoms in total. The Bertz CT molecular complexity index is 452. The van der Waals surface area contributed by atoms with Gasteiger partial charge in [-0.2, -0.15) is 13.2 Å². The summed E-state index contributed by atoms with van der Waals surface area (Å²) in [6.45, 7) is -0.247. The van der Waals surface area contributed by atoms with Crippen LogP contribution in [-0.4, -0.2) is 53.8 Å². The third-order valence-electron chi connectivity index (χ3n) is 2.44. The SMILES string of the molecule is CN(CCCNc1cccc(C(=O)O)n1)CC(F)(F)F. The van der Waals surface area contributed by atoms with E-state index in [2.05, 4.69) is 10.3 Å². The lowest BCUT2D eigenvalue weighted by atomic mass is 10.3. The van der Waals surface area contributed by atoms with Gasteiger partial charge in [0.25, 0.3) is 0 Å². The van der Waals surface area contributed by atoms with E-state index < -0.39 is 18.7 Å². The van der Waals surface area contributed by atoms with E-state index in [0.29, 0.717) is 18.8 Å². The summed E-state index contributed by atoms with van der Waals surface area (Å²) in [4.78, 5) is 15.7. The quantitative estimate of drug-likeness (QED) is 0.753. The Labute approximate surface area is 114 Å². The molecule has 0 radical (unpaired) electrons. The van der Waals surface area contributed by atoms with Gasteiger partial charge in [0.05, 0.1) is 6.54 Å². The maximum atomic E-state index is 12.1. The number of anilines is 1. The molecule has 0 spiro atoms. The molecule has 0 saturated heterocycles. The predicted molar refractivity (Wildman–Crippen MR) is 67.9 cm³/mol. The van der Waals surface area contributed by atoms with Crippen molar-refractivity contribution in [3.8, 4) is 0 Å². The van der Waals surface area contributed by atoms with Crippen molar-refractivity contribution in [2.24, 2.45) is 0 Å². The van der Waals surface area contributed by atoms with Gasteiger partial charge in [-0.3, -0.25) is 4.90 Å². The van der Waals surface area contributed by atoms with E-state index in [-0.39, 0.29) is 12.2 Å². The number of carboxylic acid groups (broad SMARTS) is 1. The van der Waals surface area contributed by atoms with E-state index >= 15 is 0 Å². The first kappa shape index (κ1) is 16.2. The molecule has 20 heavy (non-hydrogen) atoms. The first-order chi connectivity index (χ1) is 9.28. The van der Waals surface area contributed by atoms with Crippen molar-refractivity contribution in [2.75, 3.05) is 32.0 Å². The van der Waals surface area contributed by atoms with Crippen molar-refractivity contribution >= 4 is 11.8 Å². The molecule has 0 fully saturated rings. The fourth-order valence-corrected chi connectivity index (χ4v) is 1.60. The summed E-state index contributed by atoms with van der Waals surface area (Å²) in [7, 11) is 1.40. The molecule has 0 saturated carbocycles. The Balaban J connectivity index is 2.31. The smallest absolute Gasteiger partial charge is 0.401 e. The Kier molecular flexibility index (Phi) is 5.75. The fourth-order valence-electron chi connectivity index (χ4n) is 1.60. The molecule has 0 aromatic carbocycles. The minimum atomic E-state index is -4.19. The number of rotatable bonds is 7. The Morgan fingerprint density at radius 1 is 1.45 bits per heavy atom. The predicted octanol–water partition coefficient (Wildman–Crippen LogP) is 2.08. The van der Waals surface area contributed by atoms with Crippen LogP contribution >= 0.6 is 0 Å². The molecule has 8 heteroatoms. The van der Waals surface area contributed by atoms with Crippen LogP contribution in [0.25, 0.3) is 0 Å². The van der Waals surface area contributed by atoms with Crippen molar-refractivity contribution in [3.05, 3.63) is 23.9 Å². The lowest BCUT2D eigenvalue weighted by Crippen LogP contribution is -2.32. The van der Waals surface area contributed by atoms with Gasteiger partial charge in [0, 0.05) is 6.54 Å². The summed E-state index contributed by atoms with van der Waals surface area (Å²) >= 11 is 0. The lowest BCUT2D eigenvalue weighted by Gasteiger charge is -2.18. The second kappa shape index (κ2) is 7.09. The molecule has 2 N–H and O–H groups in total. The van der Waals surface area contributed by atoms with Crippen molar-refractivity contribution in [2.45, 2.75) is 12.6 Å². The zero-order valence-corrected chi connectivity index (χ0v) is 10.9. The number of hydrogen-bond acceptors (Lipinski definition) is 4. The van der Waals surface area contributed by atoms with Crippen molar-refractivity contribution in [1.82, 2.24) is 9.88 Å². The number of aromatic nitrogens is 1. The van der Waals surface area contributed by atoms with Crippen molar-refractivity contribution < 1.29 is 23.1 Å². The topological polar surface area (TPSA) is 65.5 Å². The number of hydrogen-bond donors (Lipinski definition) is 2. The van der Waals surface area contributed by atoms with Crippen LogP contribution in [0.15, 0.2) is 18.2 Å². The highest BCUT2D eigenvalue weighted by Gasteiger charge is 2.28. The fraction of sp³-hybridized carbons (Fsp3) is 0.500. The van der Waals surface area contributed by atoms with Crippen LogP contribution < -0.4 is 5.32 Å². The number of halogens is 3. The highest BCUT2D eigenvalue weighted by molar-refractivity contribution is 5.85. The van der Waals surface area contributed by atoms with Crippen LogP contribution in [0.2, 0.25) is 0 Å². The van der Waals surface area contributed by atoms with Crippen LogP contribution in [0.3, 0.4) is 0 Å². The summed E-state index contributed by atoms with van der Waals surface area (Å²) in [5.74, 6) is -0.734. The molecule has 1 heterocycles. The maximum absolute atomic E-state index is 12.1. The molecular formula is C12H16F3N3O2. The van der Waals surface area contributed by atoms with Crippen LogP contribution in [0.4, 0.5) is 19.0 Å². The number of nitrogens with one attached hydrogen (secondary N) is 1. The lowest BCUT2D eigenvalue weighted by molar-refractivity contribution is -0.142. The molecule has 0 atom stereocenters. The Morgan fingerprint density at radius 2 is 2.15 bits per heavy atom. The highest BCUT2D eigenvalue weighted by atomic mass is 19.4. The van der Waals surface area contributed by atoms with Crippen LogP contribution in [0, 0.1) is 0 Å². The van der Waals surface area contributed by atoms with E-state index in [1.54, 1.807) is 12.1 Å². The number of aromatic carboxylic acids is 1. The monoisotopic (exact) mass is 291 g/mol. The third kappa shape index (κ3) is 6.37. The first-order valence-corrected chi connectivity index (χ1v) is 5.97. The van der Waals surface area contributed by atoms with Gasteiger partial charge in [0.15, 0.2) is 5.69 Å². The summed E-state index contributed by atoms with van der Waals surface area (Å²) < 4.78 is 36.2. The zero-order valence-electron chi connectivity index (χ0n) is 10.9. The third-order valence-corrected chi connectivity index (χ3v) is 2.44. The summed E-state index contributed by atoms with van der Waals surface area (Å²) in [6, 6.07) is 4.52. The van der Waals surface area contributed by atoms with Gasteiger partial charge in [-0.15, -0.1) is 0 Å². The van der Waals surface area contributed by atoms with Gasteiger partial charge in [-0.25, -0.2) is 9.78 Å². The Morgan fingerprint density at radius 3 is 2.75 bits per heavy atom. The van der Waals surface area contributed by atoms with E-state index in [1.165, 1.54) is 18.0 Å². The minimum Gasteiger partial charge on any atom is -0.477 e. The number of pyridine rings is 1. The number of carbonyl (C=O) groups is 1. The first-order valence-electron chi connectivity index (χ1n) is 5.97. The largest absolute Gasteiger partial charge is 0.477 e. The van der Waals surface area contributed by atoms with Crippen LogP contribution in [0.1, 0.15) is 16.9 Å². The van der Waals surface area contributed by atoms with Crippen LogP contribution in [0.5, 0.6) is 0 Å². The highest BCUT2D eigenvalue weighted by Crippen LogP contribution is 2.15. The second-order valence-corrected chi connectivity index (χ2v) is 4.35. The summed E-state index contributed by atoms with van der Waals surface area (Å²) in [5.41, 5.74) is -0.0795.